The van der Waals surface area contributed by atoms with Gasteiger partial charge in [0.05, 0.1) is 12.1 Å². The van der Waals surface area contributed by atoms with Crippen LogP contribution in [0.4, 0.5) is 0 Å². The van der Waals surface area contributed by atoms with Gasteiger partial charge in [-0.05, 0) is 31.6 Å². The van der Waals surface area contributed by atoms with Crippen LogP contribution in [-0.4, -0.2) is 18.8 Å². The van der Waals surface area contributed by atoms with Crippen LogP contribution >= 0.6 is 0 Å². The Labute approximate surface area is 81.0 Å². The standard InChI is InChI=1S/C10H22N2O/c1-4-13-10(7(2)3)9(12-11)8-5-6-8/h7-10,12H,4-6,11H2,1-3H3. The van der Waals surface area contributed by atoms with E-state index in [1.807, 2.05) is 6.92 Å². The van der Waals surface area contributed by atoms with Crippen LogP contribution in [0.25, 0.3) is 0 Å². The molecule has 2 atom stereocenters. The molecule has 1 rings (SSSR count). The van der Waals surface area contributed by atoms with E-state index in [-0.39, 0.29) is 6.10 Å². The predicted molar refractivity (Wildman–Crippen MR) is 54.1 cm³/mol. The van der Waals surface area contributed by atoms with Crippen LogP contribution < -0.4 is 11.3 Å². The highest BCUT2D eigenvalue weighted by Crippen LogP contribution is 2.35. The van der Waals surface area contributed by atoms with Gasteiger partial charge in [0.25, 0.3) is 0 Å². The maximum absolute atomic E-state index is 5.72. The van der Waals surface area contributed by atoms with Crippen LogP contribution in [0, 0.1) is 11.8 Å². The SMILES string of the molecule is CCOC(C(C)C)C(NN)C1CC1. The highest BCUT2D eigenvalue weighted by atomic mass is 16.5. The van der Waals surface area contributed by atoms with Crippen LogP contribution in [-0.2, 0) is 4.74 Å². The van der Waals surface area contributed by atoms with Crippen molar-refractivity contribution in [1.82, 2.24) is 5.43 Å². The Morgan fingerprint density at radius 1 is 1.46 bits per heavy atom. The van der Waals surface area contributed by atoms with Gasteiger partial charge in [0.1, 0.15) is 0 Å². The molecule has 1 fully saturated rings. The third-order valence-electron chi connectivity index (χ3n) is 2.69. The Bertz CT molecular complexity index is 146. The van der Waals surface area contributed by atoms with Crippen molar-refractivity contribution in [2.75, 3.05) is 6.61 Å². The molecule has 3 N–H and O–H groups in total. The highest BCUT2D eigenvalue weighted by Gasteiger charge is 2.37. The molecule has 13 heavy (non-hydrogen) atoms. The Hall–Kier alpha value is -0.120. The first-order valence-corrected chi connectivity index (χ1v) is 5.28. The minimum atomic E-state index is 0.266. The molecule has 0 radical (unpaired) electrons. The average Bonchev–Trinajstić information content (AvgIpc) is 2.88. The van der Waals surface area contributed by atoms with E-state index >= 15 is 0 Å². The fourth-order valence-corrected chi connectivity index (χ4v) is 1.86. The number of ether oxygens (including phenoxy) is 1. The maximum atomic E-state index is 5.72. The van der Waals surface area contributed by atoms with Gasteiger partial charge in [-0.25, -0.2) is 0 Å². The molecule has 0 saturated heterocycles. The van der Waals surface area contributed by atoms with E-state index in [1.54, 1.807) is 0 Å². The molecule has 0 aromatic carbocycles. The molecule has 2 unspecified atom stereocenters. The van der Waals surface area contributed by atoms with Gasteiger partial charge >= 0.3 is 0 Å². The quantitative estimate of drug-likeness (QED) is 0.485. The summed E-state index contributed by atoms with van der Waals surface area (Å²) in [5, 5.41) is 0. The number of hydrogen-bond acceptors (Lipinski definition) is 3. The average molecular weight is 186 g/mol. The molecule has 0 aromatic heterocycles. The smallest absolute Gasteiger partial charge is 0.0766 e. The zero-order valence-electron chi connectivity index (χ0n) is 8.92. The van der Waals surface area contributed by atoms with Crippen molar-refractivity contribution >= 4 is 0 Å². The summed E-state index contributed by atoms with van der Waals surface area (Å²) in [7, 11) is 0. The third kappa shape index (κ3) is 2.93. The number of nitrogens with two attached hydrogens (primary N) is 1. The molecule has 0 aliphatic heterocycles. The van der Waals surface area contributed by atoms with Crippen LogP contribution in [0.2, 0.25) is 0 Å². The summed E-state index contributed by atoms with van der Waals surface area (Å²) >= 11 is 0. The first-order chi connectivity index (χ1) is 6.20. The Morgan fingerprint density at radius 2 is 2.08 bits per heavy atom. The Kier molecular flexibility index (Phi) is 4.16. The van der Waals surface area contributed by atoms with Crippen molar-refractivity contribution in [3.8, 4) is 0 Å². The van der Waals surface area contributed by atoms with Crippen LogP contribution in [0.15, 0.2) is 0 Å². The first kappa shape index (κ1) is 11.0. The molecule has 3 heteroatoms. The molecule has 0 bridgehead atoms. The maximum Gasteiger partial charge on any atom is 0.0766 e. The zero-order chi connectivity index (χ0) is 9.84. The summed E-state index contributed by atoms with van der Waals surface area (Å²) in [6.07, 6.45) is 2.86. The van der Waals surface area contributed by atoms with E-state index in [2.05, 4.69) is 19.3 Å². The lowest BCUT2D eigenvalue weighted by Crippen LogP contribution is -2.49. The van der Waals surface area contributed by atoms with Crippen molar-refractivity contribution in [1.29, 1.82) is 0 Å². The van der Waals surface area contributed by atoms with E-state index in [4.69, 9.17) is 10.6 Å². The lowest BCUT2D eigenvalue weighted by molar-refractivity contribution is -0.00201. The van der Waals surface area contributed by atoms with Gasteiger partial charge < -0.3 is 4.74 Å². The third-order valence-corrected chi connectivity index (χ3v) is 2.69. The second-order valence-electron chi connectivity index (χ2n) is 4.19. The van der Waals surface area contributed by atoms with E-state index in [0.717, 1.165) is 12.5 Å². The van der Waals surface area contributed by atoms with Crippen molar-refractivity contribution in [3.05, 3.63) is 0 Å². The molecule has 78 valence electrons. The molecule has 1 aliphatic carbocycles. The van der Waals surface area contributed by atoms with Gasteiger partial charge in [0.2, 0.25) is 0 Å². The molecule has 0 spiro atoms. The predicted octanol–water partition coefficient (Wildman–Crippen LogP) is 1.29. The fraction of sp³-hybridized carbons (Fsp3) is 1.00. The highest BCUT2D eigenvalue weighted by molar-refractivity contribution is 4.91. The van der Waals surface area contributed by atoms with Crippen LogP contribution in [0.3, 0.4) is 0 Å². The first-order valence-electron chi connectivity index (χ1n) is 5.28. The second kappa shape index (κ2) is 4.94. The largest absolute Gasteiger partial charge is 0.377 e. The van der Waals surface area contributed by atoms with Gasteiger partial charge in [-0.3, -0.25) is 11.3 Å². The number of rotatable bonds is 6. The van der Waals surface area contributed by atoms with Crippen molar-refractivity contribution in [2.24, 2.45) is 17.7 Å². The van der Waals surface area contributed by atoms with E-state index in [0.29, 0.717) is 12.0 Å². The van der Waals surface area contributed by atoms with Crippen molar-refractivity contribution in [2.45, 2.75) is 45.8 Å². The molecule has 1 aliphatic rings. The molecular formula is C10H22N2O. The minimum absolute atomic E-state index is 0.266. The van der Waals surface area contributed by atoms with Gasteiger partial charge in [-0.15, -0.1) is 0 Å². The number of hydrogen-bond donors (Lipinski definition) is 2. The molecule has 0 aromatic rings. The van der Waals surface area contributed by atoms with Crippen LogP contribution in [0.1, 0.15) is 33.6 Å². The lowest BCUT2D eigenvalue weighted by atomic mass is 9.96. The van der Waals surface area contributed by atoms with Gasteiger partial charge in [0.15, 0.2) is 0 Å². The summed E-state index contributed by atoms with van der Waals surface area (Å²) < 4.78 is 5.72. The monoisotopic (exact) mass is 186 g/mol. The fourth-order valence-electron chi connectivity index (χ4n) is 1.86. The van der Waals surface area contributed by atoms with Crippen LogP contribution in [0.5, 0.6) is 0 Å². The molecule has 0 heterocycles. The summed E-state index contributed by atoms with van der Waals surface area (Å²) in [6, 6.07) is 0.347. The van der Waals surface area contributed by atoms with E-state index in [1.165, 1.54) is 12.8 Å². The Morgan fingerprint density at radius 3 is 2.38 bits per heavy atom. The number of nitrogens with one attached hydrogen (secondary N) is 1. The molecule has 1 saturated carbocycles. The second-order valence-corrected chi connectivity index (χ2v) is 4.19. The zero-order valence-corrected chi connectivity index (χ0v) is 8.92. The number of hydrazine groups is 1. The van der Waals surface area contributed by atoms with Crippen molar-refractivity contribution in [3.63, 3.8) is 0 Å². The Balaban J connectivity index is 2.48. The summed E-state index contributed by atoms with van der Waals surface area (Å²) in [5.74, 6) is 6.82. The normalized spacial score (nSPS) is 21.9. The summed E-state index contributed by atoms with van der Waals surface area (Å²) in [5.41, 5.74) is 2.91. The van der Waals surface area contributed by atoms with Crippen molar-refractivity contribution < 1.29 is 4.74 Å². The van der Waals surface area contributed by atoms with Gasteiger partial charge in [-0.1, -0.05) is 13.8 Å². The minimum Gasteiger partial charge on any atom is -0.377 e. The molecule has 3 nitrogen and oxygen atoms in total. The van der Waals surface area contributed by atoms with E-state index in [9.17, 15) is 0 Å². The van der Waals surface area contributed by atoms with E-state index < -0.39 is 0 Å². The lowest BCUT2D eigenvalue weighted by Gasteiger charge is -2.29. The van der Waals surface area contributed by atoms with Gasteiger partial charge in [0, 0.05) is 6.61 Å². The van der Waals surface area contributed by atoms with Gasteiger partial charge in [-0.2, -0.15) is 0 Å². The topological polar surface area (TPSA) is 47.3 Å². The molecular weight excluding hydrogens is 164 g/mol. The molecule has 0 amide bonds. The summed E-state index contributed by atoms with van der Waals surface area (Å²) in [6.45, 7) is 7.18. The summed E-state index contributed by atoms with van der Waals surface area (Å²) in [4.78, 5) is 0.